The maximum Gasteiger partial charge on any atom is 0.260 e. The van der Waals surface area contributed by atoms with Gasteiger partial charge in [-0.1, -0.05) is 0 Å². The van der Waals surface area contributed by atoms with E-state index in [0.717, 1.165) is 31.7 Å². The molecular weight excluding hydrogens is 320 g/mol. The number of nitrogens with one attached hydrogen (secondary N) is 1. The second-order valence-electron chi connectivity index (χ2n) is 5.83. The Morgan fingerprint density at radius 2 is 1.88 bits per heavy atom. The fraction of sp³-hybridized carbons (Fsp3) is 0.389. The van der Waals surface area contributed by atoms with E-state index in [9.17, 15) is 4.79 Å². The topological polar surface area (TPSA) is 76.6 Å². The van der Waals surface area contributed by atoms with Crippen LogP contribution in [0.25, 0.3) is 0 Å². The number of benzene rings is 1. The van der Waals surface area contributed by atoms with Crippen molar-refractivity contribution in [2.75, 3.05) is 37.5 Å². The molecule has 7 heteroatoms. The Morgan fingerprint density at radius 3 is 2.60 bits per heavy atom. The highest BCUT2D eigenvalue weighted by Crippen LogP contribution is 2.26. The maximum atomic E-state index is 12.6. The highest BCUT2D eigenvalue weighted by atomic mass is 16.5. The van der Waals surface area contributed by atoms with Crippen molar-refractivity contribution in [2.45, 2.75) is 19.3 Å². The molecule has 7 nitrogen and oxygen atoms in total. The van der Waals surface area contributed by atoms with Crippen LogP contribution in [0, 0.1) is 0 Å². The first-order valence-electron chi connectivity index (χ1n) is 8.31. The molecule has 1 aliphatic rings. The summed E-state index contributed by atoms with van der Waals surface area (Å²) >= 11 is 0. The lowest BCUT2D eigenvalue weighted by atomic mass is 10.1. The molecule has 132 valence electrons. The summed E-state index contributed by atoms with van der Waals surface area (Å²) in [5.41, 5.74) is 0.418. The van der Waals surface area contributed by atoms with E-state index in [4.69, 9.17) is 9.47 Å². The minimum atomic E-state index is -0.289. The third-order valence-corrected chi connectivity index (χ3v) is 4.23. The van der Waals surface area contributed by atoms with E-state index in [1.165, 1.54) is 19.9 Å². The van der Waals surface area contributed by atoms with Gasteiger partial charge >= 0.3 is 0 Å². The van der Waals surface area contributed by atoms with E-state index in [1.54, 1.807) is 31.4 Å². The second kappa shape index (κ2) is 7.83. The van der Waals surface area contributed by atoms with Gasteiger partial charge in [0, 0.05) is 25.2 Å². The van der Waals surface area contributed by atoms with Gasteiger partial charge < -0.3 is 19.7 Å². The first kappa shape index (κ1) is 17.0. The van der Waals surface area contributed by atoms with Gasteiger partial charge in [0.1, 0.15) is 29.5 Å². The Morgan fingerprint density at radius 1 is 1.08 bits per heavy atom. The van der Waals surface area contributed by atoms with Crippen LogP contribution in [-0.4, -0.2) is 43.2 Å². The van der Waals surface area contributed by atoms with Gasteiger partial charge in [0.15, 0.2) is 0 Å². The molecule has 2 heterocycles. The van der Waals surface area contributed by atoms with Gasteiger partial charge in [0.05, 0.1) is 19.8 Å². The summed E-state index contributed by atoms with van der Waals surface area (Å²) < 4.78 is 10.4. The zero-order valence-electron chi connectivity index (χ0n) is 14.5. The molecule has 1 N–H and O–H groups in total. The largest absolute Gasteiger partial charge is 0.497 e. The van der Waals surface area contributed by atoms with E-state index in [1.807, 2.05) is 0 Å². The smallest absolute Gasteiger partial charge is 0.260 e. The summed E-state index contributed by atoms with van der Waals surface area (Å²) in [5, 5.41) is 2.81. The summed E-state index contributed by atoms with van der Waals surface area (Å²) in [5.74, 6) is 2.10. The normalized spacial score (nSPS) is 14.1. The predicted octanol–water partition coefficient (Wildman–Crippen LogP) is 2.74. The molecule has 1 amide bonds. The molecular formula is C18H22N4O3. The summed E-state index contributed by atoms with van der Waals surface area (Å²) in [6.07, 6.45) is 5.05. The third kappa shape index (κ3) is 3.99. The number of methoxy groups -OCH3 is 2. The standard InChI is InChI=1S/C18H22N4O3/c1-24-13-6-7-14(15(10-13)25-2)18(23)21-16-11-17(20-12-19-16)22-8-4-3-5-9-22/h6-7,10-12H,3-5,8-9H2,1-2H3,(H,19,20,21,23). The first-order chi connectivity index (χ1) is 12.2. The molecule has 0 saturated carbocycles. The molecule has 1 aromatic heterocycles. The van der Waals surface area contributed by atoms with Crippen LogP contribution < -0.4 is 19.7 Å². The van der Waals surface area contributed by atoms with Crippen molar-refractivity contribution in [3.8, 4) is 11.5 Å². The Bertz CT molecular complexity index is 745. The van der Waals surface area contributed by atoms with Gasteiger partial charge in [-0.15, -0.1) is 0 Å². The Kier molecular flexibility index (Phi) is 5.33. The zero-order valence-corrected chi connectivity index (χ0v) is 14.5. The van der Waals surface area contributed by atoms with Gasteiger partial charge in [0.25, 0.3) is 5.91 Å². The maximum absolute atomic E-state index is 12.6. The Balaban J connectivity index is 1.77. The average Bonchev–Trinajstić information content (AvgIpc) is 2.68. The molecule has 3 rings (SSSR count). The molecule has 25 heavy (non-hydrogen) atoms. The highest BCUT2D eigenvalue weighted by Gasteiger charge is 2.16. The monoisotopic (exact) mass is 342 g/mol. The van der Waals surface area contributed by atoms with Gasteiger partial charge in [0.2, 0.25) is 0 Å². The van der Waals surface area contributed by atoms with Crippen LogP contribution in [0.3, 0.4) is 0 Å². The molecule has 1 aliphatic heterocycles. The summed E-state index contributed by atoms with van der Waals surface area (Å²) in [7, 11) is 3.09. The van der Waals surface area contributed by atoms with Crippen molar-refractivity contribution in [2.24, 2.45) is 0 Å². The highest BCUT2D eigenvalue weighted by molar-refractivity contribution is 6.06. The summed E-state index contributed by atoms with van der Waals surface area (Å²) in [6, 6.07) is 6.86. The van der Waals surface area contributed by atoms with E-state index < -0.39 is 0 Å². The van der Waals surface area contributed by atoms with E-state index >= 15 is 0 Å². The van der Waals surface area contributed by atoms with Crippen LogP contribution in [0.5, 0.6) is 11.5 Å². The molecule has 0 radical (unpaired) electrons. The molecule has 0 bridgehead atoms. The lowest BCUT2D eigenvalue weighted by molar-refractivity contribution is 0.102. The van der Waals surface area contributed by atoms with Gasteiger partial charge in [-0.25, -0.2) is 9.97 Å². The third-order valence-electron chi connectivity index (χ3n) is 4.23. The van der Waals surface area contributed by atoms with Crippen molar-refractivity contribution in [1.29, 1.82) is 0 Å². The van der Waals surface area contributed by atoms with Gasteiger partial charge in [-0.2, -0.15) is 0 Å². The predicted molar refractivity (Wildman–Crippen MR) is 95.6 cm³/mol. The van der Waals surface area contributed by atoms with E-state index in [2.05, 4.69) is 20.2 Å². The van der Waals surface area contributed by atoms with Crippen LogP contribution in [0.1, 0.15) is 29.6 Å². The number of rotatable bonds is 5. The number of aromatic nitrogens is 2. The minimum absolute atomic E-state index is 0.289. The number of anilines is 2. The average molecular weight is 342 g/mol. The quantitative estimate of drug-likeness (QED) is 0.900. The number of piperidine rings is 1. The van der Waals surface area contributed by atoms with Crippen molar-refractivity contribution in [1.82, 2.24) is 9.97 Å². The number of carbonyl (C=O) groups excluding carboxylic acids is 1. The van der Waals surface area contributed by atoms with Crippen LogP contribution in [0.4, 0.5) is 11.6 Å². The molecule has 1 saturated heterocycles. The van der Waals surface area contributed by atoms with E-state index in [-0.39, 0.29) is 5.91 Å². The summed E-state index contributed by atoms with van der Waals surface area (Å²) in [6.45, 7) is 1.97. The van der Waals surface area contributed by atoms with Crippen molar-refractivity contribution >= 4 is 17.5 Å². The molecule has 1 aromatic carbocycles. The van der Waals surface area contributed by atoms with Crippen LogP contribution >= 0.6 is 0 Å². The first-order valence-corrected chi connectivity index (χ1v) is 8.31. The Hall–Kier alpha value is -2.83. The SMILES string of the molecule is COc1ccc(C(=O)Nc2cc(N3CCCCC3)ncn2)c(OC)c1. The Labute approximate surface area is 147 Å². The van der Waals surface area contributed by atoms with E-state index in [0.29, 0.717) is 22.9 Å². The molecule has 0 atom stereocenters. The number of carbonyl (C=O) groups is 1. The molecule has 0 unspecified atom stereocenters. The number of hydrogen-bond acceptors (Lipinski definition) is 6. The number of nitrogens with zero attached hydrogens (tertiary/aromatic N) is 3. The zero-order chi connectivity index (χ0) is 17.6. The summed E-state index contributed by atoms with van der Waals surface area (Å²) in [4.78, 5) is 23.3. The molecule has 1 fully saturated rings. The molecule has 0 aliphatic carbocycles. The van der Waals surface area contributed by atoms with Crippen LogP contribution in [0.15, 0.2) is 30.6 Å². The number of ether oxygens (including phenoxy) is 2. The fourth-order valence-electron chi connectivity index (χ4n) is 2.88. The van der Waals surface area contributed by atoms with Gasteiger partial charge in [-0.05, 0) is 31.4 Å². The molecule has 2 aromatic rings. The number of hydrogen-bond donors (Lipinski definition) is 1. The van der Waals surface area contributed by atoms with Crippen molar-refractivity contribution < 1.29 is 14.3 Å². The van der Waals surface area contributed by atoms with Gasteiger partial charge in [-0.3, -0.25) is 4.79 Å². The lowest BCUT2D eigenvalue weighted by Crippen LogP contribution is -2.30. The van der Waals surface area contributed by atoms with Crippen LogP contribution in [-0.2, 0) is 0 Å². The minimum Gasteiger partial charge on any atom is -0.497 e. The van der Waals surface area contributed by atoms with Crippen molar-refractivity contribution in [3.05, 3.63) is 36.2 Å². The van der Waals surface area contributed by atoms with Crippen LogP contribution in [0.2, 0.25) is 0 Å². The molecule has 0 spiro atoms. The van der Waals surface area contributed by atoms with Crippen molar-refractivity contribution in [3.63, 3.8) is 0 Å². The fourth-order valence-corrected chi connectivity index (χ4v) is 2.88. The lowest BCUT2D eigenvalue weighted by Gasteiger charge is -2.27. The second-order valence-corrected chi connectivity index (χ2v) is 5.83. The number of amides is 1.